The number of anilines is 1. The standard InChI is InChI=1S/C9H9F2N3O/c1-15-8-5(9(10)11)4-7(13)14-6(8)2-3-12/h4,9H,2H2,1H3,(H2,13,14). The van der Waals surface area contributed by atoms with Gasteiger partial charge in [-0.25, -0.2) is 13.8 Å². The van der Waals surface area contributed by atoms with Gasteiger partial charge in [0, 0.05) is 0 Å². The molecule has 0 aliphatic carbocycles. The normalized spacial score (nSPS) is 10.1. The molecule has 0 aliphatic rings. The molecule has 0 aromatic carbocycles. The van der Waals surface area contributed by atoms with Gasteiger partial charge in [-0.2, -0.15) is 5.26 Å². The average molecular weight is 213 g/mol. The number of nitrogens with two attached hydrogens (primary N) is 1. The van der Waals surface area contributed by atoms with Crippen LogP contribution in [0.2, 0.25) is 0 Å². The average Bonchev–Trinajstić information content (AvgIpc) is 2.17. The molecule has 0 saturated carbocycles. The lowest BCUT2D eigenvalue weighted by atomic mass is 10.1. The number of methoxy groups -OCH3 is 1. The summed E-state index contributed by atoms with van der Waals surface area (Å²) in [5.74, 6) is -0.114. The number of nitrogen functional groups attached to an aromatic ring is 1. The molecule has 0 bridgehead atoms. The molecule has 0 spiro atoms. The summed E-state index contributed by atoms with van der Waals surface area (Å²) in [6.07, 6.45) is -2.82. The smallest absolute Gasteiger partial charge is 0.267 e. The highest BCUT2D eigenvalue weighted by atomic mass is 19.3. The van der Waals surface area contributed by atoms with E-state index in [1.165, 1.54) is 7.11 Å². The summed E-state index contributed by atoms with van der Waals surface area (Å²) in [6, 6.07) is 2.86. The van der Waals surface area contributed by atoms with Crippen LogP contribution in [0.5, 0.6) is 5.75 Å². The van der Waals surface area contributed by atoms with Crippen LogP contribution in [-0.2, 0) is 6.42 Å². The van der Waals surface area contributed by atoms with Crippen LogP contribution in [0.4, 0.5) is 14.6 Å². The Balaban J connectivity index is 3.33. The lowest BCUT2D eigenvalue weighted by Crippen LogP contribution is -2.03. The monoisotopic (exact) mass is 213 g/mol. The van der Waals surface area contributed by atoms with Crippen LogP contribution >= 0.6 is 0 Å². The molecule has 2 N–H and O–H groups in total. The summed E-state index contributed by atoms with van der Waals surface area (Å²) in [6.45, 7) is 0. The summed E-state index contributed by atoms with van der Waals surface area (Å²) in [5, 5.41) is 8.49. The maximum atomic E-state index is 12.6. The molecule has 1 rings (SSSR count). The summed E-state index contributed by atoms with van der Waals surface area (Å²) in [5.41, 5.74) is 5.14. The Kier molecular flexibility index (Phi) is 3.39. The predicted octanol–water partition coefficient (Wildman–Crippen LogP) is 1.68. The van der Waals surface area contributed by atoms with Crippen molar-refractivity contribution in [2.75, 3.05) is 12.8 Å². The van der Waals surface area contributed by atoms with Gasteiger partial charge >= 0.3 is 0 Å². The number of ether oxygens (including phenoxy) is 1. The Bertz CT molecular complexity index is 401. The van der Waals surface area contributed by atoms with Gasteiger partial charge in [-0.05, 0) is 6.07 Å². The number of hydrogen-bond acceptors (Lipinski definition) is 4. The third kappa shape index (κ3) is 2.31. The minimum atomic E-state index is -2.71. The number of nitriles is 1. The van der Waals surface area contributed by atoms with E-state index in [9.17, 15) is 8.78 Å². The van der Waals surface area contributed by atoms with E-state index in [0.717, 1.165) is 6.07 Å². The Morgan fingerprint density at radius 2 is 2.33 bits per heavy atom. The molecule has 1 heterocycles. The molecule has 0 unspecified atom stereocenters. The number of nitrogens with zero attached hydrogens (tertiary/aromatic N) is 2. The second-order valence-corrected chi connectivity index (χ2v) is 2.75. The van der Waals surface area contributed by atoms with Gasteiger partial charge in [0.2, 0.25) is 0 Å². The third-order valence-corrected chi connectivity index (χ3v) is 1.78. The molecule has 15 heavy (non-hydrogen) atoms. The number of pyridine rings is 1. The van der Waals surface area contributed by atoms with E-state index in [2.05, 4.69) is 4.98 Å². The quantitative estimate of drug-likeness (QED) is 0.828. The van der Waals surface area contributed by atoms with Crippen LogP contribution in [0.25, 0.3) is 0 Å². The zero-order valence-electron chi connectivity index (χ0n) is 8.00. The molecule has 0 aliphatic heterocycles. The highest BCUT2D eigenvalue weighted by Gasteiger charge is 2.19. The molecule has 0 atom stereocenters. The summed E-state index contributed by atoms with van der Waals surface area (Å²) in [7, 11) is 1.25. The minimum absolute atomic E-state index is 0.0450. The topological polar surface area (TPSA) is 71.9 Å². The number of halogens is 2. The van der Waals surface area contributed by atoms with Crippen LogP contribution in [0.15, 0.2) is 6.07 Å². The molecular weight excluding hydrogens is 204 g/mol. The fraction of sp³-hybridized carbons (Fsp3) is 0.333. The van der Waals surface area contributed by atoms with Crippen LogP contribution in [0.1, 0.15) is 17.7 Å². The van der Waals surface area contributed by atoms with Crippen LogP contribution in [0, 0.1) is 11.3 Å². The van der Waals surface area contributed by atoms with Gasteiger partial charge in [0.1, 0.15) is 11.6 Å². The summed E-state index contributed by atoms with van der Waals surface area (Å²) >= 11 is 0. The van der Waals surface area contributed by atoms with E-state index in [-0.39, 0.29) is 29.2 Å². The molecular formula is C9H9F2N3O. The Hall–Kier alpha value is -1.90. The fourth-order valence-electron chi connectivity index (χ4n) is 1.22. The molecule has 0 amide bonds. The van der Waals surface area contributed by atoms with Gasteiger partial charge in [0.25, 0.3) is 6.43 Å². The van der Waals surface area contributed by atoms with Crippen molar-refractivity contribution in [1.82, 2.24) is 4.98 Å². The van der Waals surface area contributed by atoms with E-state index >= 15 is 0 Å². The number of rotatable bonds is 3. The maximum absolute atomic E-state index is 12.6. The van der Waals surface area contributed by atoms with Crippen molar-refractivity contribution in [3.05, 3.63) is 17.3 Å². The molecule has 80 valence electrons. The number of aromatic nitrogens is 1. The van der Waals surface area contributed by atoms with Gasteiger partial charge in [-0.3, -0.25) is 0 Å². The van der Waals surface area contributed by atoms with Crippen LogP contribution in [0.3, 0.4) is 0 Å². The first-order valence-corrected chi connectivity index (χ1v) is 4.08. The lowest BCUT2D eigenvalue weighted by molar-refractivity contribution is 0.146. The van der Waals surface area contributed by atoms with Gasteiger partial charge in [0.05, 0.1) is 30.9 Å². The van der Waals surface area contributed by atoms with Crippen molar-refractivity contribution < 1.29 is 13.5 Å². The van der Waals surface area contributed by atoms with Gasteiger partial charge in [-0.15, -0.1) is 0 Å². The Morgan fingerprint density at radius 3 is 2.80 bits per heavy atom. The molecule has 1 aromatic heterocycles. The van der Waals surface area contributed by atoms with E-state index in [4.69, 9.17) is 15.7 Å². The Labute approximate surface area is 85.3 Å². The van der Waals surface area contributed by atoms with Crippen molar-refractivity contribution in [3.63, 3.8) is 0 Å². The van der Waals surface area contributed by atoms with E-state index in [0.29, 0.717) is 0 Å². The van der Waals surface area contributed by atoms with Gasteiger partial charge in [-0.1, -0.05) is 0 Å². The second-order valence-electron chi connectivity index (χ2n) is 2.75. The predicted molar refractivity (Wildman–Crippen MR) is 49.5 cm³/mol. The first-order valence-electron chi connectivity index (χ1n) is 4.08. The van der Waals surface area contributed by atoms with Crippen LogP contribution in [-0.4, -0.2) is 12.1 Å². The summed E-state index contributed by atoms with van der Waals surface area (Å²) in [4.78, 5) is 3.77. The largest absolute Gasteiger partial charge is 0.494 e. The fourth-order valence-corrected chi connectivity index (χ4v) is 1.22. The number of hydrogen-bond donors (Lipinski definition) is 1. The lowest BCUT2D eigenvalue weighted by Gasteiger charge is -2.11. The van der Waals surface area contributed by atoms with Gasteiger partial charge < -0.3 is 10.5 Å². The molecule has 0 fully saturated rings. The van der Waals surface area contributed by atoms with Crippen molar-refractivity contribution in [2.24, 2.45) is 0 Å². The van der Waals surface area contributed by atoms with Crippen molar-refractivity contribution >= 4 is 5.82 Å². The highest BCUT2D eigenvalue weighted by Crippen LogP contribution is 2.32. The molecule has 1 aromatic rings. The zero-order chi connectivity index (χ0) is 11.4. The van der Waals surface area contributed by atoms with Crippen molar-refractivity contribution in [2.45, 2.75) is 12.8 Å². The Morgan fingerprint density at radius 1 is 1.67 bits per heavy atom. The van der Waals surface area contributed by atoms with E-state index in [1.54, 1.807) is 0 Å². The van der Waals surface area contributed by atoms with E-state index < -0.39 is 6.43 Å². The second kappa shape index (κ2) is 4.55. The highest BCUT2D eigenvalue weighted by molar-refractivity contribution is 5.47. The first-order chi connectivity index (χ1) is 7.10. The van der Waals surface area contributed by atoms with Crippen LogP contribution < -0.4 is 10.5 Å². The van der Waals surface area contributed by atoms with Gasteiger partial charge in [0.15, 0.2) is 0 Å². The van der Waals surface area contributed by atoms with Crippen molar-refractivity contribution in [1.29, 1.82) is 5.26 Å². The molecule has 6 heteroatoms. The molecule has 4 nitrogen and oxygen atoms in total. The minimum Gasteiger partial charge on any atom is -0.494 e. The van der Waals surface area contributed by atoms with Crippen molar-refractivity contribution in [3.8, 4) is 11.8 Å². The number of alkyl halides is 2. The molecule has 0 radical (unpaired) electrons. The van der Waals surface area contributed by atoms with E-state index in [1.807, 2.05) is 6.07 Å². The first kappa shape index (κ1) is 11.2. The molecule has 0 saturated heterocycles. The third-order valence-electron chi connectivity index (χ3n) is 1.78. The SMILES string of the molecule is COc1c(C(F)F)cc(N)nc1CC#N. The maximum Gasteiger partial charge on any atom is 0.267 e. The zero-order valence-corrected chi connectivity index (χ0v) is 8.00. The summed E-state index contributed by atoms with van der Waals surface area (Å²) < 4.78 is 29.9.